The van der Waals surface area contributed by atoms with Crippen molar-refractivity contribution in [2.75, 3.05) is 23.3 Å². The van der Waals surface area contributed by atoms with E-state index < -0.39 is 0 Å². The van der Waals surface area contributed by atoms with Gasteiger partial charge in [0.2, 0.25) is 5.89 Å². The number of benzene rings is 1. The molecule has 0 amide bonds. The van der Waals surface area contributed by atoms with Crippen LogP contribution in [0.2, 0.25) is 5.02 Å². The van der Waals surface area contributed by atoms with Gasteiger partial charge in [0.25, 0.3) is 0 Å². The number of aromatic nitrogens is 4. The van der Waals surface area contributed by atoms with Crippen molar-refractivity contribution in [1.29, 1.82) is 5.26 Å². The van der Waals surface area contributed by atoms with Gasteiger partial charge in [-0.2, -0.15) is 10.2 Å². The van der Waals surface area contributed by atoms with Crippen LogP contribution in [0.25, 0.3) is 0 Å². The first-order chi connectivity index (χ1) is 15.9. The van der Waals surface area contributed by atoms with Crippen molar-refractivity contribution in [3.05, 3.63) is 52.4 Å². The van der Waals surface area contributed by atoms with Gasteiger partial charge in [-0.1, -0.05) is 30.6 Å². The SMILES string of the molecule is Cc1c(Nc2ccc(C#N)cc2Cl)ncnc1N1CCC2(CC1)CC2c1nc(C(C)C)no1. The molecular formula is C24H26ClN7O. The zero-order chi connectivity index (χ0) is 23.2. The fraction of sp³-hybridized carbons (Fsp3) is 0.458. The second kappa shape index (κ2) is 8.31. The van der Waals surface area contributed by atoms with Crippen molar-refractivity contribution >= 4 is 28.9 Å². The minimum absolute atomic E-state index is 0.273. The maximum Gasteiger partial charge on any atom is 0.230 e. The molecule has 3 heterocycles. The third-order valence-corrected chi connectivity index (χ3v) is 7.24. The lowest BCUT2D eigenvalue weighted by Gasteiger charge is -2.34. The minimum atomic E-state index is 0.273. The van der Waals surface area contributed by atoms with Crippen molar-refractivity contribution < 1.29 is 4.52 Å². The van der Waals surface area contributed by atoms with E-state index in [2.05, 4.69) is 50.2 Å². The topological polar surface area (TPSA) is 104 Å². The molecule has 1 spiro atoms. The molecule has 2 aromatic heterocycles. The Labute approximate surface area is 198 Å². The Morgan fingerprint density at radius 2 is 2.06 bits per heavy atom. The largest absolute Gasteiger partial charge is 0.356 e. The van der Waals surface area contributed by atoms with E-state index in [1.807, 2.05) is 6.92 Å². The number of nitriles is 1. The van der Waals surface area contributed by atoms with Crippen LogP contribution in [0.4, 0.5) is 17.3 Å². The molecule has 1 saturated heterocycles. The molecule has 1 saturated carbocycles. The second-order valence-electron chi connectivity index (χ2n) is 9.35. The van der Waals surface area contributed by atoms with Crippen molar-refractivity contribution in [2.24, 2.45) is 5.41 Å². The number of hydrogen-bond donors (Lipinski definition) is 1. The van der Waals surface area contributed by atoms with Gasteiger partial charge in [-0.3, -0.25) is 0 Å². The number of halogens is 1. The van der Waals surface area contributed by atoms with E-state index >= 15 is 0 Å². The summed E-state index contributed by atoms with van der Waals surface area (Å²) in [5, 5.41) is 17.0. The minimum Gasteiger partial charge on any atom is -0.356 e. The van der Waals surface area contributed by atoms with Gasteiger partial charge < -0.3 is 14.7 Å². The summed E-state index contributed by atoms with van der Waals surface area (Å²) in [7, 11) is 0. The summed E-state index contributed by atoms with van der Waals surface area (Å²) in [6, 6.07) is 7.26. The molecule has 0 radical (unpaired) electrons. The first-order valence-corrected chi connectivity index (χ1v) is 11.6. The van der Waals surface area contributed by atoms with Crippen LogP contribution in [0.1, 0.15) is 67.8 Å². The molecular weight excluding hydrogens is 438 g/mol. The molecule has 0 bridgehead atoms. The van der Waals surface area contributed by atoms with Crippen molar-refractivity contribution in [3.63, 3.8) is 0 Å². The molecule has 33 heavy (non-hydrogen) atoms. The molecule has 1 aliphatic carbocycles. The first-order valence-electron chi connectivity index (χ1n) is 11.3. The molecule has 2 fully saturated rings. The number of piperidine rings is 1. The molecule has 170 valence electrons. The third-order valence-electron chi connectivity index (χ3n) is 6.93. The second-order valence-corrected chi connectivity index (χ2v) is 9.76. The van der Waals surface area contributed by atoms with Crippen molar-refractivity contribution in [1.82, 2.24) is 20.1 Å². The van der Waals surface area contributed by atoms with Gasteiger partial charge in [0.05, 0.1) is 22.3 Å². The van der Waals surface area contributed by atoms with Crippen LogP contribution < -0.4 is 10.2 Å². The lowest BCUT2D eigenvalue weighted by atomic mass is 9.90. The van der Waals surface area contributed by atoms with E-state index in [0.29, 0.717) is 28.0 Å². The van der Waals surface area contributed by atoms with Crippen LogP contribution in [0.15, 0.2) is 29.0 Å². The highest BCUT2D eigenvalue weighted by Gasteiger charge is 2.58. The Morgan fingerprint density at radius 1 is 1.27 bits per heavy atom. The molecule has 9 heteroatoms. The maximum atomic E-state index is 9.05. The summed E-state index contributed by atoms with van der Waals surface area (Å²) in [5.74, 6) is 3.90. The summed E-state index contributed by atoms with van der Waals surface area (Å²) >= 11 is 6.34. The van der Waals surface area contributed by atoms with E-state index in [1.54, 1.807) is 24.5 Å². The van der Waals surface area contributed by atoms with Gasteiger partial charge in [-0.15, -0.1) is 0 Å². The number of nitrogens with zero attached hydrogens (tertiary/aromatic N) is 6. The zero-order valence-electron chi connectivity index (χ0n) is 19.0. The number of nitrogens with one attached hydrogen (secondary N) is 1. The smallest absolute Gasteiger partial charge is 0.230 e. The summed E-state index contributed by atoms with van der Waals surface area (Å²) in [4.78, 5) is 16.0. The quantitative estimate of drug-likeness (QED) is 0.541. The summed E-state index contributed by atoms with van der Waals surface area (Å²) < 4.78 is 5.57. The molecule has 1 aliphatic heterocycles. The summed E-state index contributed by atoms with van der Waals surface area (Å²) in [6.07, 6.45) is 4.85. The lowest BCUT2D eigenvalue weighted by molar-refractivity contribution is 0.324. The van der Waals surface area contributed by atoms with Crippen LogP contribution in [0.5, 0.6) is 0 Å². The van der Waals surface area contributed by atoms with Gasteiger partial charge in [0, 0.05) is 30.5 Å². The van der Waals surface area contributed by atoms with E-state index in [-0.39, 0.29) is 11.3 Å². The third kappa shape index (κ3) is 4.02. The Hall–Kier alpha value is -3.18. The highest BCUT2D eigenvalue weighted by molar-refractivity contribution is 6.33. The standard InChI is InChI=1S/C24H26ClN7O/c1-14(2)20-30-23(33-31-20)17-11-24(17)6-8-32(9-7-24)22-15(3)21(27-13-28-22)29-19-5-4-16(12-26)10-18(19)25/h4-5,10,13-14,17H,6-9,11H2,1-3H3,(H,27,28,29). The normalized spacial score (nSPS) is 19.0. The van der Waals surface area contributed by atoms with Crippen LogP contribution in [-0.2, 0) is 0 Å². The Kier molecular flexibility index (Phi) is 5.45. The average molecular weight is 464 g/mol. The maximum absolute atomic E-state index is 9.05. The number of anilines is 3. The Balaban J connectivity index is 1.27. The molecule has 2 aliphatic rings. The van der Waals surface area contributed by atoms with Gasteiger partial charge in [0.15, 0.2) is 5.82 Å². The lowest BCUT2D eigenvalue weighted by Crippen LogP contribution is -2.36. The average Bonchev–Trinajstić information content (AvgIpc) is 3.27. The van der Waals surface area contributed by atoms with E-state index in [4.69, 9.17) is 21.4 Å². The summed E-state index contributed by atoms with van der Waals surface area (Å²) in [5.41, 5.74) is 2.48. The molecule has 1 aromatic carbocycles. The monoisotopic (exact) mass is 463 g/mol. The Morgan fingerprint density at radius 3 is 2.73 bits per heavy atom. The fourth-order valence-corrected chi connectivity index (χ4v) is 4.96. The van der Waals surface area contributed by atoms with Crippen LogP contribution in [0, 0.1) is 23.7 Å². The molecule has 3 aromatic rings. The van der Waals surface area contributed by atoms with Gasteiger partial charge in [0.1, 0.15) is 18.0 Å². The van der Waals surface area contributed by atoms with Crippen LogP contribution >= 0.6 is 11.6 Å². The molecule has 1 N–H and O–H groups in total. The first kappa shape index (κ1) is 21.7. The van der Waals surface area contributed by atoms with Crippen LogP contribution in [0.3, 0.4) is 0 Å². The summed E-state index contributed by atoms with van der Waals surface area (Å²) in [6.45, 7) is 8.04. The molecule has 8 nitrogen and oxygen atoms in total. The van der Waals surface area contributed by atoms with E-state index in [9.17, 15) is 0 Å². The predicted octanol–water partition coefficient (Wildman–Crippen LogP) is 5.33. The number of hydrogen-bond acceptors (Lipinski definition) is 8. The van der Waals surface area contributed by atoms with Crippen molar-refractivity contribution in [3.8, 4) is 6.07 Å². The fourth-order valence-electron chi connectivity index (χ4n) is 4.74. The molecule has 5 rings (SSSR count). The Bertz CT molecular complexity index is 1220. The van der Waals surface area contributed by atoms with Crippen LogP contribution in [-0.4, -0.2) is 33.2 Å². The van der Waals surface area contributed by atoms with E-state index in [1.165, 1.54) is 0 Å². The van der Waals surface area contributed by atoms with Crippen molar-refractivity contribution in [2.45, 2.75) is 51.9 Å². The predicted molar refractivity (Wildman–Crippen MR) is 126 cm³/mol. The van der Waals surface area contributed by atoms with Gasteiger partial charge in [-0.25, -0.2) is 9.97 Å². The highest BCUT2D eigenvalue weighted by Crippen LogP contribution is 2.64. The highest BCUT2D eigenvalue weighted by atomic mass is 35.5. The zero-order valence-corrected chi connectivity index (χ0v) is 19.7. The molecule has 1 atom stereocenters. The van der Waals surface area contributed by atoms with Gasteiger partial charge >= 0.3 is 0 Å². The van der Waals surface area contributed by atoms with E-state index in [0.717, 1.165) is 55.4 Å². The molecule has 1 unspecified atom stereocenters. The number of rotatable bonds is 5. The van der Waals surface area contributed by atoms with Gasteiger partial charge in [-0.05, 0) is 49.8 Å².